The number of methoxy groups -OCH3 is 1. The molecule has 0 saturated carbocycles. The quantitative estimate of drug-likeness (QED) is 0.188. The van der Waals surface area contributed by atoms with Gasteiger partial charge in [-0.1, -0.05) is 6.07 Å². The number of hydrogen-bond donors (Lipinski definition) is 2. The Balaban J connectivity index is 1.33. The van der Waals surface area contributed by atoms with Gasteiger partial charge in [-0.25, -0.2) is 22.7 Å². The lowest BCUT2D eigenvalue weighted by Crippen LogP contribution is -2.57. The summed E-state index contributed by atoms with van der Waals surface area (Å²) in [5, 5.41) is 9.34. The van der Waals surface area contributed by atoms with Gasteiger partial charge in [0.05, 0.1) is 24.4 Å². The van der Waals surface area contributed by atoms with Crippen LogP contribution in [-0.4, -0.2) is 69.1 Å². The molecule has 0 atom stereocenters. The fraction of sp³-hybridized carbons (Fsp3) is 0.393. The average molecular weight is 579 g/mol. The molecule has 0 unspecified atom stereocenters. The Morgan fingerprint density at radius 1 is 1.05 bits per heavy atom. The lowest BCUT2D eigenvalue weighted by atomic mass is 9.95. The number of amides is 1. The molecule has 3 aromatic rings. The zero-order valence-corrected chi connectivity index (χ0v) is 22.9. The molecule has 0 spiro atoms. The predicted molar refractivity (Wildman–Crippen MR) is 142 cm³/mol. The van der Waals surface area contributed by atoms with Crippen LogP contribution in [0.25, 0.3) is 11.1 Å². The summed E-state index contributed by atoms with van der Waals surface area (Å²) >= 11 is 0. The number of nitrogens with zero attached hydrogens (tertiary/aromatic N) is 1. The van der Waals surface area contributed by atoms with Crippen LogP contribution in [0.3, 0.4) is 0 Å². The molecule has 0 aliphatic carbocycles. The molecule has 1 fully saturated rings. The summed E-state index contributed by atoms with van der Waals surface area (Å²) < 4.78 is 68.4. The van der Waals surface area contributed by atoms with Gasteiger partial charge < -0.3 is 18.8 Å². The summed E-state index contributed by atoms with van der Waals surface area (Å²) in [5.41, 5.74) is 2.71. The average Bonchev–Trinajstić information content (AvgIpc) is 3.44. The smallest absolute Gasteiger partial charge is 0.265 e. The van der Waals surface area contributed by atoms with E-state index in [4.69, 9.17) is 13.9 Å². The molecular weight excluding hydrogens is 546 g/mol. The lowest BCUT2D eigenvalue weighted by molar-refractivity contribution is -0.133. The molecule has 12 heteroatoms. The normalized spacial score (nSPS) is 15.6. The maximum atomic E-state index is 13.6. The van der Waals surface area contributed by atoms with Crippen LogP contribution in [-0.2, 0) is 25.8 Å². The zero-order valence-electron chi connectivity index (χ0n) is 22.1. The van der Waals surface area contributed by atoms with Gasteiger partial charge in [0.25, 0.3) is 5.91 Å². The van der Waals surface area contributed by atoms with E-state index in [9.17, 15) is 27.2 Å². The van der Waals surface area contributed by atoms with Gasteiger partial charge in [-0.3, -0.25) is 10.0 Å². The van der Waals surface area contributed by atoms with Gasteiger partial charge in [-0.2, -0.15) is 0 Å². The number of carbonyl (C=O) groups excluding carboxylic acids is 1. The van der Waals surface area contributed by atoms with Crippen LogP contribution in [0.5, 0.6) is 5.75 Å². The molecule has 9 nitrogen and oxygen atoms in total. The highest BCUT2D eigenvalue weighted by Gasteiger charge is 2.52. The first kappa shape index (κ1) is 29.7. The minimum absolute atomic E-state index is 0.0332. The van der Waals surface area contributed by atoms with Gasteiger partial charge in [-0.15, -0.1) is 0 Å². The molecule has 2 aromatic carbocycles. The molecule has 216 valence electrons. The van der Waals surface area contributed by atoms with Crippen molar-refractivity contribution in [2.75, 3.05) is 40.0 Å². The highest BCUT2D eigenvalue weighted by molar-refractivity contribution is 7.93. The Morgan fingerprint density at radius 2 is 1.77 bits per heavy atom. The van der Waals surface area contributed by atoms with Crippen molar-refractivity contribution in [3.63, 3.8) is 0 Å². The van der Waals surface area contributed by atoms with Crippen LogP contribution in [0.4, 0.5) is 8.78 Å². The van der Waals surface area contributed by atoms with Gasteiger partial charge in [0.1, 0.15) is 11.5 Å². The van der Waals surface area contributed by atoms with E-state index in [0.717, 1.165) is 12.1 Å². The Bertz CT molecular complexity index is 1400. The number of rotatable bonds is 12. The van der Waals surface area contributed by atoms with Crippen LogP contribution >= 0.6 is 0 Å². The molecule has 1 aliphatic rings. The van der Waals surface area contributed by atoms with E-state index < -0.39 is 32.1 Å². The second-order valence-electron chi connectivity index (χ2n) is 9.63. The van der Waals surface area contributed by atoms with Crippen molar-refractivity contribution in [3.8, 4) is 16.9 Å². The predicted octanol–water partition coefficient (Wildman–Crippen LogP) is 4.00. The number of halogens is 2. The number of benzene rings is 2. The van der Waals surface area contributed by atoms with Crippen LogP contribution in [0.15, 0.2) is 64.1 Å². The van der Waals surface area contributed by atoms with Crippen LogP contribution in [0, 0.1) is 11.6 Å². The zero-order chi connectivity index (χ0) is 28.8. The van der Waals surface area contributed by atoms with Crippen LogP contribution < -0.4 is 10.2 Å². The third-order valence-corrected chi connectivity index (χ3v) is 9.70. The van der Waals surface area contributed by atoms with Gasteiger partial charge in [0, 0.05) is 38.7 Å². The van der Waals surface area contributed by atoms with Crippen molar-refractivity contribution in [3.05, 3.63) is 72.2 Å². The molecule has 0 bridgehead atoms. The molecule has 1 amide bonds. The van der Waals surface area contributed by atoms with Crippen molar-refractivity contribution >= 4 is 15.7 Å². The van der Waals surface area contributed by atoms with Gasteiger partial charge in [0.15, 0.2) is 26.2 Å². The number of hydrogen-bond acceptors (Lipinski definition) is 8. The SMILES string of the molecule is COCCN1CCC(C(=O)NO)(S(=O)(=O)c2ccc(OCCCc3cc(-c4ccc(F)c(F)c4)co3)cc2)CC1. The number of hydroxylamine groups is 1. The monoisotopic (exact) mass is 578 g/mol. The van der Waals surface area contributed by atoms with E-state index in [1.165, 1.54) is 36.6 Å². The molecule has 2 heterocycles. The van der Waals surface area contributed by atoms with Crippen molar-refractivity contribution in [1.82, 2.24) is 10.4 Å². The maximum absolute atomic E-state index is 13.6. The fourth-order valence-electron chi connectivity index (χ4n) is 4.79. The highest BCUT2D eigenvalue weighted by Crippen LogP contribution is 2.36. The standard InChI is InChI=1S/C28H32F2N2O7S/c1-37-16-14-32-12-10-28(11-13-32,27(33)31-34)40(35,36)24-7-5-22(6-8-24)38-15-2-3-23-17-21(19-39-23)20-4-9-25(29)26(30)18-20/h4-9,17-19,34H,2-3,10-16H2,1H3,(H,31,33). The largest absolute Gasteiger partial charge is 0.494 e. The van der Waals surface area contributed by atoms with E-state index in [1.807, 2.05) is 4.90 Å². The fourth-order valence-corrected chi connectivity index (χ4v) is 6.75. The summed E-state index contributed by atoms with van der Waals surface area (Å²) in [6, 6.07) is 11.3. The first-order chi connectivity index (χ1) is 19.2. The van der Waals surface area contributed by atoms with Crippen LogP contribution in [0.1, 0.15) is 25.0 Å². The summed E-state index contributed by atoms with van der Waals surface area (Å²) in [4.78, 5) is 14.6. The number of likely N-dealkylation sites (tertiary alicyclic amines) is 1. The molecular formula is C28H32F2N2O7S. The first-order valence-electron chi connectivity index (χ1n) is 12.9. The number of furan rings is 1. The Morgan fingerprint density at radius 3 is 2.42 bits per heavy atom. The molecule has 0 radical (unpaired) electrons. The first-order valence-corrected chi connectivity index (χ1v) is 14.3. The van der Waals surface area contributed by atoms with Gasteiger partial charge in [0.2, 0.25) is 0 Å². The lowest BCUT2D eigenvalue weighted by Gasteiger charge is -2.39. The summed E-state index contributed by atoms with van der Waals surface area (Å²) in [6.07, 6.45) is 2.68. The summed E-state index contributed by atoms with van der Waals surface area (Å²) in [6.45, 7) is 2.17. The number of sulfone groups is 1. The number of nitrogens with one attached hydrogen (secondary N) is 1. The summed E-state index contributed by atoms with van der Waals surface area (Å²) in [5.74, 6) is -1.67. The Kier molecular flexibility index (Phi) is 9.56. The number of carbonyl (C=O) groups is 1. The van der Waals surface area contributed by atoms with Crippen molar-refractivity contribution in [1.29, 1.82) is 0 Å². The molecule has 40 heavy (non-hydrogen) atoms. The van der Waals surface area contributed by atoms with E-state index in [2.05, 4.69) is 0 Å². The number of ether oxygens (including phenoxy) is 2. The molecule has 4 rings (SSSR count). The van der Waals surface area contributed by atoms with Crippen molar-refractivity contribution in [2.45, 2.75) is 35.3 Å². The second kappa shape index (κ2) is 12.9. The number of piperidine rings is 1. The van der Waals surface area contributed by atoms with Crippen molar-refractivity contribution in [2.24, 2.45) is 0 Å². The molecule has 1 aliphatic heterocycles. The van der Waals surface area contributed by atoms with Gasteiger partial charge in [-0.05, 0) is 67.3 Å². The Labute approximate surface area is 231 Å². The minimum atomic E-state index is -4.12. The third kappa shape index (κ3) is 6.35. The molecule has 1 saturated heterocycles. The molecule has 2 N–H and O–H groups in total. The minimum Gasteiger partial charge on any atom is -0.494 e. The number of aryl methyl sites for hydroxylation is 1. The third-order valence-electron chi connectivity index (χ3n) is 7.18. The van der Waals surface area contributed by atoms with E-state index in [-0.39, 0.29) is 17.7 Å². The van der Waals surface area contributed by atoms with E-state index >= 15 is 0 Å². The van der Waals surface area contributed by atoms with E-state index in [0.29, 0.717) is 68.3 Å². The maximum Gasteiger partial charge on any atom is 0.265 e. The van der Waals surface area contributed by atoms with Gasteiger partial charge >= 0.3 is 0 Å². The second-order valence-corrected chi connectivity index (χ2v) is 11.9. The van der Waals surface area contributed by atoms with Crippen molar-refractivity contribution < 1.29 is 41.1 Å². The van der Waals surface area contributed by atoms with Crippen LogP contribution in [0.2, 0.25) is 0 Å². The Hall–Kier alpha value is -3.32. The summed E-state index contributed by atoms with van der Waals surface area (Å²) in [7, 11) is -2.54. The molecule has 1 aromatic heterocycles. The highest BCUT2D eigenvalue weighted by atomic mass is 32.2. The topological polar surface area (TPSA) is 118 Å². The van der Waals surface area contributed by atoms with E-state index in [1.54, 1.807) is 18.7 Å².